The van der Waals surface area contributed by atoms with Gasteiger partial charge in [-0.05, 0) is 18.9 Å². The molecule has 5 heteroatoms. The lowest BCUT2D eigenvalue weighted by atomic mass is 9.79. The molecule has 0 unspecified atom stereocenters. The first-order valence-corrected chi connectivity index (χ1v) is 9.52. The molecule has 0 spiro atoms. The normalized spacial score (nSPS) is 21.0. The second-order valence-corrected chi connectivity index (χ2v) is 7.17. The fourth-order valence-corrected chi connectivity index (χ4v) is 4.28. The molecule has 0 radical (unpaired) electrons. The van der Waals surface area contributed by atoms with Gasteiger partial charge < -0.3 is 19.5 Å². The molecule has 0 bridgehead atoms. The topological polar surface area (TPSA) is 43.0 Å². The average Bonchev–Trinajstić information content (AvgIpc) is 2.69. The van der Waals surface area contributed by atoms with E-state index < -0.39 is 0 Å². The van der Waals surface area contributed by atoms with Crippen molar-refractivity contribution in [2.75, 3.05) is 47.1 Å². The molecule has 2 aliphatic rings. The van der Waals surface area contributed by atoms with Crippen LogP contribution in [0.15, 0.2) is 18.2 Å². The summed E-state index contributed by atoms with van der Waals surface area (Å²) in [4.78, 5) is 2.67. The maximum Gasteiger partial charge on any atom is 0.127 e. The van der Waals surface area contributed by atoms with Gasteiger partial charge in [0.15, 0.2) is 0 Å². The molecule has 0 atom stereocenters. The minimum Gasteiger partial charge on any atom is -0.497 e. The lowest BCUT2D eigenvalue weighted by Crippen LogP contribution is -2.59. The number of benzene rings is 1. The number of morpholine rings is 1. The maximum atomic E-state index is 5.57. The second-order valence-electron chi connectivity index (χ2n) is 7.17. The molecule has 5 nitrogen and oxygen atoms in total. The van der Waals surface area contributed by atoms with Crippen LogP contribution in [0.5, 0.6) is 11.5 Å². The van der Waals surface area contributed by atoms with Gasteiger partial charge in [0, 0.05) is 43.3 Å². The Labute approximate surface area is 151 Å². The van der Waals surface area contributed by atoms with Crippen molar-refractivity contribution >= 4 is 0 Å². The highest BCUT2D eigenvalue weighted by molar-refractivity contribution is 5.40. The monoisotopic (exact) mass is 348 g/mol. The van der Waals surface area contributed by atoms with Gasteiger partial charge >= 0.3 is 0 Å². The van der Waals surface area contributed by atoms with Crippen molar-refractivity contribution in [2.24, 2.45) is 0 Å². The van der Waals surface area contributed by atoms with Gasteiger partial charge in [0.2, 0.25) is 0 Å². The smallest absolute Gasteiger partial charge is 0.127 e. The Hall–Kier alpha value is -1.30. The molecule has 1 saturated carbocycles. The van der Waals surface area contributed by atoms with Crippen molar-refractivity contribution in [3.8, 4) is 11.5 Å². The minimum atomic E-state index is 0.293. The number of ether oxygens (including phenoxy) is 3. The summed E-state index contributed by atoms with van der Waals surface area (Å²) in [5, 5.41) is 3.72. The second kappa shape index (κ2) is 8.88. The maximum absolute atomic E-state index is 5.57. The van der Waals surface area contributed by atoms with Gasteiger partial charge in [-0.1, -0.05) is 25.3 Å². The van der Waals surface area contributed by atoms with E-state index in [0.717, 1.165) is 50.9 Å². The van der Waals surface area contributed by atoms with Crippen molar-refractivity contribution in [3.05, 3.63) is 23.8 Å². The molecule has 1 heterocycles. The molecule has 1 aromatic carbocycles. The molecule has 1 saturated heterocycles. The molecular weight excluding hydrogens is 316 g/mol. The lowest BCUT2D eigenvalue weighted by Gasteiger charge is -2.48. The Kier molecular flexibility index (Phi) is 6.57. The summed E-state index contributed by atoms with van der Waals surface area (Å²) in [7, 11) is 3.40. The number of rotatable bonds is 7. The molecule has 1 aromatic rings. The number of nitrogens with zero attached hydrogens (tertiary/aromatic N) is 1. The Morgan fingerprint density at radius 1 is 1.08 bits per heavy atom. The largest absolute Gasteiger partial charge is 0.497 e. The standard InChI is InChI=1S/C20H32N2O3/c1-23-18-7-6-17(19(14-18)24-2)15-21-16-20(8-4-3-5-9-20)22-10-12-25-13-11-22/h6-7,14,21H,3-5,8-13,15-16H2,1-2H3. The van der Waals surface area contributed by atoms with Crippen LogP contribution in [0.2, 0.25) is 0 Å². The first-order chi connectivity index (χ1) is 12.3. The van der Waals surface area contributed by atoms with Crippen LogP contribution in [0.4, 0.5) is 0 Å². The number of hydrogen-bond acceptors (Lipinski definition) is 5. The van der Waals surface area contributed by atoms with E-state index in [1.54, 1.807) is 14.2 Å². The Morgan fingerprint density at radius 3 is 2.52 bits per heavy atom. The molecule has 2 fully saturated rings. The van der Waals surface area contributed by atoms with E-state index in [-0.39, 0.29) is 0 Å². The third-order valence-corrected chi connectivity index (χ3v) is 5.73. The summed E-state index contributed by atoms with van der Waals surface area (Å²) in [5.74, 6) is 1.72. The van der Waals surface area contributed by atoms with E-state index in [1.165, 1.54) is 37.7 Å². The molecular formula is C20H32N2O3. The highest BCUT2D eigenvalue weighted by Crippen LogP contribution is 2.34. The highest BCUT2D eigenvalue weighted by atomic mass is 16.5. The lowest BCUT2D eigenvalue weighted by molar-refractivity contribution is -0.0369. The Bertz CT molecular complexity index is 538. The predicted molar refractivity (Wildman–Crippen MR) is 99.5 cm³/mol. The Balaban J connectivity index is 1.63. The first kappa shape index (κ1) is 18.5. The summed E-state index contributed by atoms with van der Waals surface area (Å²) < 4.78 is 16.4. The molecule has 0 aromatic heterocycles. The molecule has 25 heavy (non-hydrogen) atoms. The van der Waals surface area contributed by atoms with Crippen molar-refractivity contribution in [2.45, 2.75) is 44.2 Å². The van der Waals surface area contributed by atoms with Crippen LogP contribution in [-0.4, -0.2) is 57.5 Å². The van der Waals surface area contributed by atoms with Crippen LogP contribution < -0.4 is 14.8 Å². The zero-order valence-electron chi connectivity index (χ0n) is 15.7. The van der Waals surface area contributed by atoms with Crippen LogP contribution in [0.25, 0.3) is 0 Å². The minimum absolute atomic E-state index is 0.293. The number of nitrogens with one attached hydrogen (secondary N) is 1. The van der Waals surface area contributed by atoms with E-state index in [2.05, 4.69) is 16.3 Å². The van der Waals surface area contributed by atoms with Crippen LogP contribution in [0.3, 0.4) is 0 Å². The SMILES string of the molecule is COc1ccc(CNCC2(N3CCOCC3)CCCCC2)c(OC)c1. The molecule has 0 amide bonds. The third kappa shape index (κ3) is 4.46. The van der Waals surface area contributed by atoms with Gasteiger partial charge in [-0.3, -0.25) is 4.90 Å². The van der Waals surface area contributed by atoms with E-state index in [1.807, 2.05) is 12.1 Å². The van der Waals surface area contributed by atoms with Crippen LogP contribution in [-0.2, 0) is 11.3 Å². The summed E-state index contributed by atoms with van der Waals surface area (Å²) in [6.07, 6.45) is 6.63. The van der Waals surface area contributed by atoms with Crippen molar-refractivity contribution < 1.29 is 14.2 Å². The Morgan fingerprint density at radius 2 is 1.84 bits per heavy atom. The predicted octanol–water partition coefficient (Wildman–Crippen LogP) is 2.83. The molecule has 1 aliphatic heterocycles. The summed E-state index contributed by atoms with van der Waals surface area (Å²) in [6, 6.07) is 6.04. The molecule has 1 N–H and O–H groups in total. The number of methoxy groups -OCH3 is 2. The summed E-state index contributed by atoms with van der Waals surface area (Å²) in [5.41, 5.74) is 1.47. The van der Waals surface area contributed by atoms with Crippen molar-refractivity contribution in [1.82, 2.24) is 10.2 Å². The molecule has 140 valence electrons. The summed E-state index contributed by atoms with van der Waals surface area (Å²) >= 11 is 0. The van der Waals surface area contributed by atoms with Gasteiger partial charge in [0.1, 0.15) is 11.5 Å². The van der Waals surface area contributed by atoms with Crippen LogP contribution in [0.1, 0.15) is 37.7 Å². The first-order valence-electron chi connectivity index (χ1n) is 9.52. The average molecular weight is 348 g/mol. The highest BCUT2D eigenvalue weighted by Gasteiger charge is 2.38. The van der Waals surface area contributed by atoms with Gasteiger partial charge in [-0.25, -0.2) is 0 Å². The van der Waals surface area contributed by atoms with Gasteiger partial charge in [-0.2, -0.15) is 0 Å². The van der Waals surface area contributed by atoms with Gasteiger partial charge in [0.05, 0.1) is 27.4 Å². The van der Waals surface area contributed by atoms with E-state index in [9.17, 15) is 0 Å². The zero-order chi connectivity index (χ0) is 17.5. The van der Waals surface area contributed by atoms with E-state index in [0.29, 0.717) is 5.54 Å². The molecule has 1 aliphatic carbocycles. The van der Waals surface area contributed by atoms with Crippen molar-refractivity contribution in [1.29, 1.82) is 0 Å². The van der Waals surface area contributed by atoms with E-state index in [4.69, 9.17) is 14.2 Å². The quantitative estimate of drug-likeness (QED) is 0.821. The number of hydrogen-bond donors (Lipinski definition) is 1. The van der Waals surface area contributed by atoms with Gasteiger partial charge in [0.25, 0.3) is 0 Å². The zero-order valence-corrected chi connectivity index (χ0v) is 15.7. The van der Waals surface area contributed by atoms with Crippen LogP contribution in [0, 0.1) is 0 Å². The van der Waals surface area contributed by atoms with E-state index >= 15 is 0 Å². The van der Waals surface area contributed by atoms with Crippen LogP contribution >= 0.6 is 0 Å². The molecule has 3 rings (SSSR count). The fraction of sp³-hybridized carbons (Fsp3) is 0.700. The third-order valence-electron chi connectivity index (χ3n) is 5.73. The van der Waals surface area contributed by atoms with Crippen molar-refractivity contribution in [3.63, 3.8) is 0 Å². The fourth-order valence-electron chi connectivity index (χ4n) is 4.28. The van der Waals surface area contributed by atoms with Gasteiger partial charge in [-0.15, -0.1) is 0 Å². The summed E-state index contributed by atoms with van der Waals surface area (Å²) in [6.45, 7) is 5.71.